The van der Waals surface area contributed by atoms with Crippen LogP contribution in [0.15, 0.2) is 18.2 Å². The predicted octanol–water partition coefficient (Wildman–Crippen LogP) is 1.53. The van der Waals surface area contributed by atoms with Crippen LogP contribution in [0, 0.1) is 5.41 Å². The summed E-state index contributed by atoms with van der Waals surface area (Å²) in [5.41, 5.74) is 2.53. The minimum absolute atomic E-state index is 0.166. The van der Waals surface area contributed by atoms with Gasteiger partial charge in [0.25, 0.3) is 0 Å². The van der Waals surface area contributed by atoms with Gasteiger partial charge < -0.3 is 9.80 Å². The third-order valence-corrected chi connectivity index (χ3v) is 5.92. The van der Waals surface area contributed by atoms with Crippen LogP contribution in [0.5, 0.6) is 0 Å². The molecule has 136 valence electrons. The maximum atomic E-state index is 11.5. The van der Waals surface area contributed by atoms with Crippen LogP contribution in [0.1, 0.15) is 18.3 Å². The Hall–Kier alpha value is -2.12. The maximum absolute atomic E-state index is 11.5. The second-order valence-corrected chi connectivity index (χ2v) is 8.36. The fourth-order valence-corrected chi connectivity index (χ4v) is 4.63. The second-order valence-electron chi connectivity index (χ2n) is 7.93. The number of aromatic nitrogens is 3. The van der Waals surface area contributed by atoms with Gasteiger partial charge in [-0.15, -0.1) is 10.2 Å². The Bertz CT molecular complexity index is 895. The Morgan fingerprint density at radius 2 is 1.92 bits per heavy atom. The lowest BCUT2D eigenvalue weighted by Gasteiger charge is -2.60. The van der Waals surface area contributed by atoms with E-state index in [-0.39, 0.29) is 11.3 Å². The molecule has 26 heavy (non-hydrogen) atoms. The monoisotopic (exact) mass is 372 g/mol. The van der Waals surface area contributed by atoms with Crippen LogP contribution >= 0.6 is 11.6 Å². The number of carbonyl (C=O) groups is 1. The summed E-state index contributed by atoms with van der Waals surface area (Å²) in [6, 6.07) is 6.01. The zero-order chi connectivity index (χ0) is 18.1. The molecular weight excluding hydrogens is 352 g/mol. The Kier molecular flexibility index (Phi) is 3.36. The van der Waals surface area contributed by atoms with Crippen molar-refractivity contribution in [2.75, 3.05) is 38.1 Å². The number of amides is 1. The van der Waals surface area contributed by atoms with Crippen LogP contribution in [-0.4, -0.2) is 63.7 Å². The van der Waals surface area contributed by atoms with Crippen molar-refractivity contribution >= 4 is 23.5 Å². The zero-order valence-corrected chi connectivity index (χ0v) is 15.7. The summed E-state index contributed by atoms with van der Waals surface area (Å²) in [6.07, 6.45) is 0. The number of anilines is 1. The minimum Gasteiger partial charge on any atom is -0.341 e. The summed E-state index contributed by atoms with van der Waals surface area (Å²) in [7, 11) is 2.08. The van der Waals surface area contributed by atoms with Gasteiger partial charge in [-0.05, 0) is 30.8 Å². The predicted molar refractivity (Wildman–Crippen MR) is 98.4 cm³/mol. The first kappa shape index (κ1) is 16.1. The highest BCUT2D eigenvalue weighted by molar-refractivity contribution is 6.30. The van der Waals surface area contributed by atoms with Crippen LogP contribution in [-0.2, 0) is 17.9 Å². The Morgan fingerprint density at radius 3 is 2.65 bits per heavy atom. The molecule has 2 saturated heterocycles. The number of carbonyl (C=O) groups excluding carboxylic acids is 1. The largest absolute Gasteiger partial charge is 0.341 e. The molecule has 0 saturated carbocycles. The van der Waals surface area contributed by atoms with E-state index >= 15 is 0 Å². The molecule has 0 unspecified atom stereocenters. The molecule has 0 N–H and O–H groups in total. The summed E-state index contributed by atoms with van der Waals surface area (Å²) in [4.78, 5) is 17.9. The van der Waals surface area contributed by atoms with Crippen LogP contribution < -0.4 is 4.90 Å². The quantitative estimate of drug-likeness (QED) is 0.760. The molecule has 7 nitrogen and oxygen atoms in total. The normalized spacial score (nSPS) is 20.9. The van der Waals surface area contributed by atoms with Crippen molar-refractivity contribution in [3.05, 3.63) is 34.6 Å². The average molecular weight is 373 g/mol. The molecule has 1 aromatic carbocycles. The van der Waals surface area contributed by atoms with Gasteiger partial charge >= 0.3 is 0 Å². The summed E-state index contributed by atoms with van der Waals surface area (Å²) in [6.45, 7) is 6.78. The SMILES string of the molecule is CC(=O)N1CC2(C1)CN(c1nnc3n1-c1ccc(Cl)cc1CN(C)C3)C2. The van der Waals surface area contributed by atoms with Crippen molar-refractivity contribution in [3.63, 3.8) is 0 Å². The van der Waals surface area contributed by atoms with Crippen molar-refractivity contribution in [1.29, 1.82) is 0 Å². The van der Waals surface area contributed by atoms with Gasteiger partial charge in [0, 0.05) is 50.1 Å². The number of hydrogen-bond donors (Lipinski definition) is 0. The van der Waals surface area contributed by atoms with E-state index in [2.05, 4.69) is 37.7 Å². The van der Waals surface area contributed by atoms with E-state index in [0.29, 0.717) is 0 Å². The Morgan fingerprint density at radius 1 is 1.15 bits per heavy atom. The fourth-order valence-electron chi connectivity index (χ4n) is 4.44. The Labute approximate surface area is 157 Å². The van der Waals surface area contributed by atoms with Gasteiger partial charge in [-0.25, -0.2) is 0 Å². The molecule has 2 fully saturated rings. The molecule has 8 heteroatoms. The van der Waals surface area contributed by atoms with E-state index in [1.165, 1.54) is 5.56 Å². The number of halogens is 1. The van der Waals surface area contributed by atoms with E-state index in [9.17, 15) is 4.79 Å². The van der Waals surface area contributed by atoms with Crippen LogP contribution in [0.4, 0.5) is 5.95 Å². The van der Waals surface area contributed by atoms with E-state index in [4.69, 9.17) is 11.6 Å². The molecule has 5 rings (SSSR count). The number of nitrogens with zero attached hydrogens (tertiary/aromatic N) is 6. The molecule has 0 bridgehead atoms. The van der Waals surface area contributed by atoms with Crippen molar-refractivity contribution in [2.24, 2.45) is 5.41 Å². The Balaban J connectivity index is 1.46. The lowest BCUT2D eigenvalue weighted by molar-refractivity contribution is -0.142. The second kappa shape index (κ2) is 5.44. The standard InChI is InChI=1S/C18H21ClN6O/c1-12(26)23-8-18(9-23)10-24(11-18)17-21-20-16-7-22(2)6-13-5-14(19)3-4-15(13)25(16)17/h3-5H,6-11H2,1-2H3. The first-order valence-electron chi connectivity index (χ1n) is 8.86. The van der Waals surface area contributed by atoms with Crippen molar-refractivity contribution in [2.45, 2.75) is 20.0 Å². The fraction of sp³-hybridized carbons (Fsp3) is 0.500. The molecule has 0 radical (unpaired) electrons. The lowest BCUT2D eigenvalue weighted by Crippen LogP contribution is -2.73. The van der Waals surface area contributed by atoms with Crippen molar-refractivity contribution < 1.29 is 4.79 Å². The molecular formula is C18H21ClN6O. The molecule has 4 heterocycles. The molecule has 1 aromatic heterocycles. The molecule has 0 aliphatic carbocycles. The van der Waals surface area contributed by atoms with Gasteiger partial charge in [0.1, 0.15) is 0 Å². The average Bonchev–Trinajstić information content (AvgIpc) is 2.81. The summed E-state index contributed by atoms with van der Waals surface area (Å²) in [5.74, 6) is 2.01. The summed E-state index contributed by atoms with van der Waals surface area (Å²) < 4.78 is 2.17. The summed E-state index contributed by atoms with van der Waals surface area (Å²) >= 11 is 6.22. The number of fused-ring (bicyclic) bond motifs is 3. The summed E-state index contributed by atoms with van der Waals surface area (Å²) in [5, 5.41) is 9.70. The van der Waals surface area contributed by atoms with E-state index in [1.54, 1.807) is 6.92 Å². The highest BCUT2D eigenvalue weighted by Crippen LogP contribution is 2.42. The number of rotatable bonds is 1. The first-order chi connectivity index (χ1) is 12.4. The number of hydrogen-bond acceptors (Lipinski definition) is 5. The van der Waals surface area contributed by atoms with Crippen LogP contribution in [0.3, 0.4) is 0 Å². The molecule has 3 aliphatic heterocycles. The first-order valence-corrected chi connectivity index (χ1v) is 9.24. The third kappa shape index (κ3) is 2.34. The van der Waals surface area contributed by atoms with E-state index < -0.39 is 0 Å². The van der Waals surface area contributed by atoms with Crippen molar-refractivity contribution in [3.8, 4) is 5.69 Å². The molecule has 0 atom stereocenters. The van der Waals surface area contributed by atoms with Gasteiger partial charge in [-0.1, -0.05) is 11.6 Å². The van der Waals surface area contributed by atoms with Crippen molar-refractivity contribution in [1.82, 2.24) is 24.6 Å². The molecule has 1 spiro atoms. The molecule has 1 amide bonds. The van der Waals surface area contributed by atoms with E-state index in [1.807, 2.05) is 17.0 Å². The van der Waals surface area contributed by atoms with Crippen LogP contribution in [0.25, 0.3) is 5.69 Å². The minimum atomic E-state index is 0.166. The van der Waals surface area contributed by atoms with Crippen LogP contribution in [0.2, 0.25) is 5.02 Å². The molecule has 2 aromatic rings. The lowest BCUT2D eigenvalue weighted by atomic mass is 9.73. The van der Waals surface area contributed by atoms with E-state index in [0.717, 1.165) is 61.8 Å². The van der Waals surface area contributed by atoms with Gasteiger partial charge in [0.2, 0.25) is 11.9 Å². The highest BCUT2D eigenvalue weighted by atomic mass is 35.5. The smallest absolute Gasteiger partial charge is 0.231 e. The molecule has 3 aliphatic rings. The van der Waals surface area contributed by atoms with Gasteiger partial charge in [-0.3, -0.25) is 14.3 Å². The number of likely N-dealkylation sites (tertiary alicyclic amines) is 1. The topological polar surface area (TPSA) is 57.5 Å². The third-order valence-electron chi connectivity index (χ3n) is 5.68. The van der Waals surface area contributed by atoms with Gasteiger partial charge in [0.15, 0.2) is 5.82 Å². The van der Waals surface area contributed by atoms with Gasteiger partial charge in [0.05, 0.1) is 12.2 Å². The highest BCUT2D eigenvalue weighted by Gasteiger charge is 2.53. The van der Waals surface area contributed by atoms with Gasteiger partial charge in [-0.2, -0.15) is 0 Å². The zero-order valence-electron chi connectivity index (χ0n) is 14.9. The number of benzene rings is 1. The maximum Gasteiger partial charge on any atom is 0.231 e.